The number of hydrogen-bond donors (Lipinski definition) is 2. The van der Waals surface area contributed by atoms with E-state index in [2.05, 4.69) is 20.3 Å². The number of anilines is 2. The second kappa shape index (κ2) is 5.95. The first-order chi connectivity index (χ1) is 9.90. The second-order valence-electron chi connectivity index (χ2n) is 5.35. The highest BCUT2D eigenvalue weighted by atomic mass is 16.1. The van der Waals surface area contributed by atoms with Crippen LogP contribution in [0.25, 0.3) is 0 Å². The van der Waals surface area contributed by atoms with E-state index in [0.29, 0.717) is 12.5 Å². The topological polar surface area (TPSA) is 73.9 Å². The third-order valence-corrected chi connectivity index (χ3v) is 3.41. The van der Waals surface area contributed by atoms with Crippen LogP contribution < -0.4 is 15.6 Å². The van der Waals surface area contributed by atoms with Gasteiger partial charge in [0.25, 0.3) is 0 Å². The molecule has 0 bridgehead atoms. The quantitative estimate of drug-likeness (QED) is 0.896. The molecule has 21 heavy (non-hydrogen) atoms. The maximum Gasteiger partial charge on any atom is 0.224 e. The lowest BCUT2D eigenvalue weighted by Crippen LogP contribution is -2.17. The summed E-state index contributed by atoms with van der Waals surface area (Å²) in [6.07, 6.45) is 3.52. The number of nitrogens with zero attached hydrogens (tertiary/aromatic N) is 3. The van der Waals surface area contributed by atoms with Crippen LogP contribution in [0.4, 0.5) is 11.8 Å². The highest BCUT2D eigenvalue weighted by Crippen LogP contribution is 2.15. The van der Waals surface area contributed by atoms with Crippen LogP contribution in [-0.4, -0.2) is 29.0 Å². The summed E-state index contributed by atoms with van der Waals surface area (Å²) in [7, 11) is 3.89. The SMILES string of the molecule is Cc1cnc(NCc2[nH]cc(C)c(=O)c2C)nc1N(C)C. The number of rotatable bonds is 4. The van der Waals surface area contributed by atoms with Gasteiger partial charge in [0.15, 0.2) is 5.43 Å². The third kappa shape index (κ3) is 3.21. The molecule has 112 valence electrons. The molecule has 6 heteroatoms. The van der Waals surface area contributed by atoms with E-state index >= 15 is 0 Å². The highest BCUT2D eigenvalue weighted by molar-refractivity contribution is 5.47. The minimum Gasteiger partial charge on any atom is -0.363 e. The van der Waals surface area contributed by atoms with Gasteiger partial charge in [-0.05, 0) is 20.8 Å². The monoisotopic (exact) mass is 287 g/mol. The molecule has 0 aliphatic carbocycles. The molecule has 0 amide bonds. The van der Waals surface area contributed by atoms with Crippen LogP contribution in [0.2, 0.25) is 0 Å². The van der Waals surface area contributed by atoms with Crippen LogP contribution >= 0.6 is 0 Å². The molecule has 0 atom stereocenters. The zero-order valence-electron chi connectivity index (χ0n) is 13.1. The molecule has 0 unspecified atom stereocenters. The molecule has 2 aromatic heterocycles. The van der Waals surface area contributed by atoms with Crippen molar-refractivity contribution in [3.8, 4) is 0 Å². The number of hydrogen-bond acceptors (Lipinski definition) is 5. The third-order valence-electron chi connectivity index (χ3n) is 3.41. The first kappa shape index (κ1) is 15.0. The molecule has 0 saturated carbocycles. The van der Waals surface area contributed by atoms with Gasteiger partial charge in [-0.2, -0.15) is 4.98 Å². The Morgan fingerprint density at radius 2 is 1.95 bits per heavy atom. The number of nitrogens with one attached hydrogen (secondary N) is 2. The van der Waals surface area contributed by atoms with Gasteiger partial charge < -0.3 is 15.2 Å². The summed E-state index contributed by atoms with van der Waals surface area (Å²) in [4.78, 5) is 25.7. The Morgan fingerprint density at radius 1 is 1.24 bits per heavy atom. The minimum absolute atomic E-state index is 0.0735. The summed E-state index contributed by atoms with van der Waals surface area (Å²) in [5, 5.41) is 3.15. The summed E-state index contributed by atoms with van der Waals surface area (Å²) < 4.78 is 0. The number of H-pyrrole nitrogens is 1. The largest absolute Gasteiger partial charge is 0.363 e. The van der Waals surface area contributed by atoms with Crippen molar-refractivity contribution in [2.24, 2.45) is 0 Å². The number of aromatic nitrogens is 3. The molecule has 0 aliphatic heterocycles. The van der Waals surface area contributed by atoms with Crippen molar-refractivity contribution in [1.82, 2.24) is 15.0 Å². The normalized spacial score (nSPS) is 10.5. The molecule has 2 aromatic rings. The molecular weight excluding hydrogens is 266 g/mol. The lowest BCUT2D eigenvalue weighted by atomic mass is 10.1. The summed E-state index contributed by atoms with van der Waals surface area (Å²) in [5.41, 5.74) is 3.39. The van der Waals surface area contributed by atoms with Crippen molar-refractivity contribution in [1.29, 1.82) is 0 Å². The van der Waals surface area contributed by atoms with E-state index in [-0.39, 0.29) is 5.43 Å². The van der Waals surface area contributed by atoms with E-state index in [1.807, 2.05) is 32.8 Å². The highest BCUT2D eigenvalue weighted by Gasteiger charge is 2.08. The van der Waals surface area contributed by atoms with Crippen molar-refractivity contribution in [2.75, 3.05) is 24.3 Å². The molecular formula is C15H21N5O. The standard InChI is InChI=1S/C15H21N5O/c1-9-6-16-12(11(3)13(9)21)8-18-15-17-7-10(2)14(19-15)20(4)5/h6-7H,8H2,1-5H3,(H,16,21)(H,17,18,19). The van der Waals surface area contributed by atoms with Gasteiger partial charge >= 0.3 is 0 Å². The number of aryl methyl sites for hydroxylation is 2. The van der Waals surface area contributed by atoms with Crippen molar-refractivity contribution >= 4 is 11.8 Å². The van der Waals surface area contributed by atoms with Crippen molar-refractivity contribution in [3.63, 3.8) is 0 Å². The number of aromatic amines is 1. The van der Waals surface area contributed by atoms with Crippen LogP contribution in [0, 0.1) is 20.8 Å². The van der Waals surface area contributed by atoms with E-state index in [9.17, 15) is 4.79 Å². The van der Waals surface area contributed by atoms with Crippen LogP contribution in [0.15, 0.2) is 17.2 Å². The van der Waals surface area contributed by atoms with Gasteiger partial charge in [0.2, 0.25) is 5.95 Å². The predicted molar refractivity (Wildman–Crippen MR) is 85.0 cm³/mol. The van der Waals surface area contributed by atoms with Gasteiger partial charge in [-0.1, -0.05) is 0 Å². The Morgan fingerprint density at radius 3 is 2.62 bits per heavy atom. The Labute approximate surface area is 124 Å². The molecule has 0 aliphatic rings. The molecule has 0 spiro atoms. The molecule has 2 rings (SSSR count). The van der Waals surface area contributed by atoms with Crippen LogP contribution in [0.1, 0.15) is 22.4 Å². The van der Waals surface area contributed by atoms with E-state index in [0.717, 1.165) is 28.2 Å². The molecule has 0 radical (unpaired) electrons. The fourth-order valence-corrected chi connectivity index (χ4v) is 2.12. The first-order valence-corrected chi connectivity index (χ1v) is 6.82. The maximum absolute atomic E-state index is 11.9. The number of pyridine rings is 1. The second-order valence-corrected chi connectivity index (χ2v) is 5.35. The maximum atomic E-state index is 11.9. The van der Waals surface area contributed by atoms with E-state index in [4.69, 9.17) is 0 Å². The predicted octanol–water partition coefficient (Wildman–Crippen LogP) is 1.77. The lowest BCUT2D eigenvalue weighted by molar-refractivity contribution is 0.952. The average Bonchev–Trinajstić information content (AvgIpc) is 2.45. The van der Waals surface area contributed by atoms with Gasteiger partial charge in [-0.15, -0.1) is 0 Å². The molecule has 0 saturated heterocycles. The summed E-state index contributed by atoms with van der Waals surface area (Å²) in [6.45, 7) is 6.08. The van der Waals surface area contributed by atoms with Crippen molar-refractivity contribution in [3.05, 3.63) is 45.0 Å². The van der Waals surface area contributed by atoms with Gasteiger partial charge in [0.1, 0.15) is 5.82 Å². The van der Waals surface area contributed by atoms with Crippen molar-refractivity contribution in [2.45, 2.75) is 27.3 Å². The Kier molecular flexibility index (Phi) is 4.26. The van der Waals surface area contributed by atoms with Gasteiger partial charge in [0.05, 0.1) is 6.54 Å². The van der Waals surface area contributed by atoms with Crippen LogP contribution in [-0.2, 0) is 6.54 Å². The molecule has 0 fully saturated rings. The molecule has 2 heterocycles. The Hall–Kier alpha value is -2.37. The zero-order chi connectivity index (χ0) is 15.6. The molecule has 0 aromatic carbocycles. The average molecular weight is 287 g/mol. The molecule has 2 N–H and O–H groups in total. The van der Waals surface area contributed by atoms with Gasteiger partial charge in [0, 0.05) is 48.9 Å². The lowest BCUT2D eigenvalue weighted by Gasteiger charge is -2.15. The summed E-state index contributed by atoms with van der Waals surface area (Å²) >= 11 is 0. The van der Waals surface area contributed by atoms with Gasteiger partial charge in [-0.3, -0.25) is 4.79 Å². The zero-order valence-corrected chi connectivity index (χ0v) is 13.1. The van der Waals surface area contributed by atoms with Crippen molar-refractivity contribution < 1.29 is 0 Å². The fraction of sp³-hybridized carbons (Fsp3) is 0.400. The van der Waals surface area contributed by atoms with E-state index < -0.39 is 0 Å². The van der Waals surface area contributed by atoms with Crippen LogP contribution in [0.5, 0.6) is 0 Å². The van der Waals surface area contributed by atoms with Crippen LogP contribution in [0.3, 0.4) is 0 Å². The molecule has 6 nitrogen and oxygen atoms in total. The minimum atomic E-state index is 0.0735. The summed E-state index contributed by atoms with van der Waals surface area (Å²) in [6, 6.07) is 0. The fourth-order valence-electron chi connectivity index (χ4n) is 2.12. The first-order valence-electron chi connectivity index (χ1n) is 6.82. The Balaban J connectivity index is 2.19. The van der Waals surface area contributed by atoms with Gasteiger partial charge in [-0.25, -0.2) is 4.98 Å². The Bertz CT molecular complexity index is 706. The smallest absolute Gasteiger partial charge is 0.224 e. The van der Waals surface area contributed by atoms with E-state index in [1.165, 1.54) is 0 Å². The summed E-state index contributed by atoms with van der Waals surface area (Å²) in [5.74, 6) is 1.42. The van der Waals surface area contributed by atoms with E-state index in [1.54, 1.807) is 19.3 Å².